The van der Waals surface area contributed by atoms with Gasteiger partial charge in [-0.1, -0.05) is 65.3 Å². The van der Waals surface area contributed by atoms with Crippen molar-refractivity contribution in [3.8, 4) is 51.4 Å². The van der Waals surface area contributed by atoms with Crippen LogP contribution in [-0.4, -0.2) is 49.9 Å². The molecule has 7 rings (SSSR count). The molecule has 0 spiro atoms. The number of carboxylic acids is 1. The number of carboxylic acid groups (broad SMARTS) is 1. The van der Waals surface area contributed by atoms with Crippen LogP contribution in [0.1, 0.15) is 135 Å². The van der Waals surface area contributed by atoms with E-state index in [1.54, 1.807) is 18.2 Å². The number of hydrogen-bond acceptors (Lipinski definition) is 3. The van der Waals surface area contributed by atoms with Crippen molar-refractivity contribution in [3.63, 3.8) is 0 Å². The lowest BCUT2D eigenvalue weighted by atomic mass is 9.33. The molecule has 57 heavy (non-hydrogen) atoms. The first-order chi connectivity index (χ1) is 27.2. The summed E-state index contributed by atoms with van der Waals surface area (Å²) in [6, 6.07) is 7.54. The van der Waals surface area contributed by atoms with E-state index >= 15 is 0 Å². The van der Waals surface area contributed by atoms with E-state index in [1.165, 1.54) is 56.1 Å². The van der Waals surface area contributed by atoms with Crippen molar-refractivity contribution in [1.29, 1.82) is 0 Å². The second kappa shape index (κ2) is 20.6. The Bertz CT molecular complexity index is 1660. The Morgan fingerprint density at radius 3 is 2.02 bits per heavy atom. The van der Waals surface area contributed by atoms with Crippen molar-refractivity contribution in [2.45, 2.75) is 124 Å². The molecule has 1 aromatic carbocycles. The van der Waals surface area contributed by atoms with Crippen LogP contribution in [0.3, 0.4) is 0 Å². The first-order valence-corrected chi connectivity index (χ1v) is 21.8. The van der Waals surface area contributed by atoms with Gasteiger partial charge in [0.15, 0.2) is 0 Å². The summed E-state index contributed by atoms with van der Waals surface area (Å²) in [4.78, 5) is 25.0. The van der Waals surface area contributed by atoms with Crippen molar-refractivity contribution in [3.05, 3.63) is 54.1 Å². The maximum atomic E-state index is 13.5. The smallest absolute Gasteiger partial charge is 0.335 e. The Labute approximate surface area is 349 Å². The molecule has 2 N–H and O–H groups in total. The van der Waals surface area contributed by atoms with Gasteiger partial charge in [0.25, 0.3) is 0 Å². The molecule has 6 aliphatic rings. The van der Waals surface area contributed by atoms with Crippen molar-refractivity contribution in [2.75, 3.05) is 18.8 Å². The van der Waals surface area contributed by atoms with Crippen LogP contribution in [0, 0.1) is 96.7 Å². The summed E-state index contributed by atoms with van der Waals surface area (Å²) in [5, 5.41) is 13.1. The summed E-state index contributed by atoms with van der Waals surface area (Å²) in [5.74, 6) is 2.30. The molecule has 4 unspecified atom stereocenters. The van der Waals surface area contributed by atoms with Crippen LogP contribution < -0.4 is 5.32 Å². The molecule has 0 bridgehead atoms. The summed E-state index contributed by atoms with van der Waals surface area (Å²) >= 11 is 0. The predicted octanol–water partition coefficient (Wildman–Crippen LogP) is 10.1. The average molecular weight is 795 g/mol. The van der Waals surface area contributed by atoms with Crippen molar-refractivity contribution in [1.82, 2.24) is 9.62 Å². The van der Waals surface area contributed by atoms with Gasteiger partial charge >= 0.3 is 5.97 Å². The standard InChI is InChI=1S/C39H56N2O4S.C3H6.4C2H2/c1-35(2)28(26-10-12-27(13-11-26)34(43)44)16-19-36(3)31(35)17-20-38(5)32(36)15-14-29-30-9-8-18-39(30,22-21-37(29,38)4)40-33(42)25-41-23-6-7-24-46(41)45;1-3-2;4*1-2/h10-13,16,29-32H,6-9,14-15,17-25H2,1-5H3,(H,40,42)(H,43,44);3H,1H2,2H3;4*1-2H/t29-,30?,31?,32?,36+,37-,38-,39+,46?;;;;;/m1...../s1. The lowest BCUT2D eigenvalue weighted by Gasteiger charge is -2.72. The van der Waals surface area contributed by atoms with Crippen LogP contribution in [0.15, 0.2) is 43.0 Å². The number of allylic oxidation sites excluding steroid dienone is 3. The largest absolute Gasteiger partial charge is 0.478 e. The molecule has 1 aliphatic heterocycles. The zero-order chi connectivity index (χ0) is 43.4. The van der Waals surface area contributed by atoms with Crippen LogP contribution in [0.2, 0.25) is 0 Å². The summed E-state index contributed by atoms with van der Waals surface area (Å²) < 4.78 is 14.5. The number of fused-ring (bicyclic) bond motifs is 7. The maximum Gasteiger partial charge on any atom is 0.335 e. The van der Waals surface area contributed by atoms with E-state index < -0.39 is 17.0 Å². The lowest BCUT2D eigenvalue weighted by Crippen LogP contribution is -2.68. The summed E-state index contributed by atoms with van der Waals surface area (Å²) in [6.07, 6.45) is 50.1. The van der Waals surface area contributed by atoms with Gasteiger partial charge < -0.3 is 10.4 Å². The van der Waals surface area contributed by atoms with Crippen molar-refractivity contribution >= 4 is 28.4 Å². The van der Waals surface area contributed by atoms with Gasteiger partial charge in [-0.3, -0.25) is 4.79 Å². The third kappa shape index (κ3) is 9.02. The second-order valence-electron chi connectivity index (χ2n) is 17.8. The van der Waals surface area contributed by atoms with Crippen molar-refractivity contribution < 1.29 is 18.9 Å². The molecule has 9 atom stereocenters. The molecule has 5 aliphatic carbocycles. The first-order valence-electron chi connectivity index (χ1n) is 20.6. The fraction of sp³-hybridized carbons (Fsp3) is 0.600. The Hall–Kier alpha value is -4.01. The highest BCUT2D eigenvalue weighted by Gasteiger charge is 2.69. The SMILES string of the molecule is C#C.C#C.C#C.C#C.C=CC.CC1(C)C(c2ccc(C(=O)O)cc2)=CC[C@@]2(C)C1CC[C@]1(C)C2CC[C@@H]2C3CCC[C@]3(NC(=O)CN3CCCCS3=O)CC[C@]21C. The van der Waals surface area contributed by atoms with Gasteiger partial charge in [-0.25, -0.2) is 13.3 Å². The number of nitrogens with zero attached hydrogens (tertiary/aromatic N) is 1. The Kier molecular flexibility index (Phi) is 17.8. The van der Waals surface area contributed by atoms with Gasteiger partial charge in [-0.15, -0.1) is 58.0 Å². The van der Waals surface area contributed by atoms with E-state index in [0.29, 0.717) is 35.0 Å². The molecule has 1 saturated heterocycles. The van der Waals surface area contributed by atoms with Gasteiger partial charge in [0.1, 0.15) is 0 Å². The zero-order valence-electron chi connectivity index (χ0n) is 35.7. The van der Waals surface area contributed by atoms with Crippen LogP contribution in [0.4, 0.5) is 0 Å². The average Bonchev–Trinajstić information content (AvgIpc) is 3.63. The molecule has 1 heterocycles. The first kappa shape index (κ1) is 49.1. The van der Waals surface area contributed by atoms with Crippen LogP contribution >= 0.6 is 0 Å². The van der Waals surface area contributed by atoms with Crippen LogP contribution in [0.25, 0.3) is 5.57 Å². The van der Waals surface area contributed by atoms with E-state index in [1.807, 2.05) is 23.4 Å². The minimum atomic E-state index is -1.02. The van der Waals surface area contributed by atoms with E-state index in [2.05, 4.69) is 104 Å². The normalized spacial score (nSPS) is 35.3. The number of carbonyl (C=O) groups excluding carboxylic acids is 1. The molecule has 5 fully saturated rings. The fourth-order valence-corrected chi connectivity index (χ4v) is 14.4. The van der Waals surface area contributed by atoms with E-state index in [0.717, 1.165) is 38.6 Å². The summed E-state index contributed by atoms with van der Waals surface area (Å²) in [6.45, 7) is 19.1. The molecule has 0 aromatic heterocycles. The van der Waals surface area contributed by atoms with Crippen LogP contribution in [0.5, 0.6) is 0 Å². The third-order valence-corrected chi connectivity index (χ3v) is 16.9. The number of rotatable bonds is 5. The Balaban J connectivity index is 0.000000935. The van der Waals surface area contributed by atoms with E-state index in [9.17, 15) is 18.9 Å². The van der Waals surface area contributed by atoms with Gasteiger partial charge in [0, 0.05) is 17.8 Å². The number of hydrogen-bond donors (Lipinski definition) is 2. The molecule has 0 radical (unpaired) electrons. The highest BCUT2D eigenvalue weighted by molar-refractivity contribution is 7.82. The quantitative estimate of drug-likeness (QED) is 0.230. The minimum absolute atomic E-state index is 0.00625. The summed E-state index contributed by atoms with van der Waals surface area (Å²) in [5.41, 5.74) is 3.54. The van der Waals surface area contributed by atoms with Gasteiger partial charge in [0.05, 0.1) is 23.1 Å². The second-order valence-corrected chi connectivity index (χ2v) is 19.4. The molecule has 1 amide bonds. The van der Waals surface area contributed by atoms with Crippen LogP contribution in [-0.2, 0) is 15.8 Å². The Morgan fingerprint density at radius 1 is 0.825 bits per heavy atom. The predicted molar refractivity (Wildman–Crippen MR) is 240 cm³/mol. The maximum absolute atomic E-state index is 13.5. The molecule has 310 valence electrons. The zero-order valence-corrected chi connectivity index (χ0v) is 36.5. The summed E-state index contributed by atoms with van der Waals surface area (Å²) in [7, 11) is -1.02. The van der Waals surface area contributed by atoms with Gasteiger partial charge in [-0.05, 0) is 146 Å². The van der Waals surface area contributed by atoms with E-state index in [-0.39, 0.29) is 39.7 Å². The Morgan fingerprint density at radius 2 is 1.44 bits per heavy atom. The molecular formula is C50H70N2O4S. The van der Waals surface area contributed by atoms with Crippen molar-refractivity contribution in [2.24, 2.45) is 45.3 Å². The number of carbonyl (C=O) groups is 2. The number of nitrogens with one attached hydrogen (secondary N) is 1. The number of benzene rings is 1. The highest BCUT2D eigenvalue weighted by atomic mass is 32.2. The number of aromatic carboxylic acids is 1. The van der Waals surface area contributed by atoms with E-state index in [4.69, 9.17) is 0 Å². The molecule has 7 heteroatoms. The highest BCUT2D eigenvalue weighted by Crippen LogP contribution is 2.76. The molecule has 4 saturated carbocycles. The molecule has 1 aromatic rings. The topological polar surface area (TPSA) is 86.7 Å². The fourth-order valence-electron chi connectivity index (χ4n) is 13.0. The molecule has 6 nitrogen and oxygen atoms in total. The third-order valence-electron chi connectivity index (χ3n) is 15.4. The number of amides is 1. The number of terminal acetylenes is 4. The van der Waals surface area contributed by atoms with Gasteiger partial charge in [0.2, 0.25) is 5.91 Å². The van der Waals surface area contributed by atoms with Gasteiger partial charge in [-0.2, -0.15) is 0 Å². The monoisotopic (exact) mass is 795 g/mol. The molecular weight excluding hydrogens is 725 g/mol. The minimum Gasteiger partial charge on any atom is -0.478 e. The lowest BCUT2D eigenvalue weighted by molar-refractivity contribution is -0.217.